The number of unbranched alkanes of at least 4 members (excludes halogenated alkanes) is 1. The number of nitrogens with zero attached hydrogens (tertiary/aromatic N) is 1. The van der Waals surface area contributed by atoms with Gasteiger partial charge in [-0.1, -0.05) is 18.2 Å². The first-order valence-corrected chi connectivity index (χ1v) is 13.3. The SMILES string of the molecule is C=CCCCC(OCC1CN(C)C[C@@H]1CCc1cc(C)c(OC(C)(C)C(=O)O)c(C)c1)SC. The summed E-state index contributed by atoms with van der Waals surface area (Å²) in [6.07, 6.45) is 9.49. The first kappa shape index (κ1) is 27.7. The lowest BCUT2D eigenvalue weighted by Gasteiger charge is -2.25. The lowest BCUT2D eigenvalue weighted by Crippen LogP contribution is -2.38. The zero-order valence-corrected chi connectivity index (χ0v) is 22.2. The van der Waals surface area contributed by atoms with Crippen LogP contribution < -0.4 is 4.74 Å². The van der Waals surface area contributed by atoms with Crippen molar-refractivity contribution in [2.24, 2.45) is 11.8 Å². The summed E-state index contributed by atoms with van der Waals surface area (Å²) in [6.45, 7) is 14.0. The molecule has 1 aliphatic heterocycles. The lowest BCUT2D eigenvalue weighted by atomic mass is 9.90. The quantitative estimate of drug-likeness (QED) is 0.210. The zero-order chi connectivity index (χ0) is 24.6. The average Bonchev–Trinajstić information content (AvgIpc) is 3.11. The van der Waals surface area contributed by atoms with Crippen molar-refractivity contribution in [3.63, 3.8) is 0 Å². The number of carbonyl (C=O) groups is 1. The Morgan fingerprint density at radius 2 is 1.94 bits per heavy atom. The molecule has 0 spiro atoms. The Bertz CT molecular complexity index is 771. The van der Waals surface area contributed by atoms with E-state index in [4.69, 9.17) is 9.47 Å². The number of allylic oxidation sites excluding steroid dienone is 1. The van der Waals surface area contributed by atoms with E-state index in [-0.39, 0.29) is 5.44 Å². The summed E-state index contributed by atoms with van der Waals surface area (Å²) in [5.74, 6) is 0.893. The van der Waals surface area contributed by atoms with Gasteiger partial charge in [0.05, 0.1) is 6.61 Å². The fourth-order valence-corrected chi connectivity index (χ4v) is 5.23. The van der Waals surface area contributed by atoms with Crippen LogP contribution in [-0.4, -0.2) is 60.0 Å². The number of carboxylic acid groups (broad SMARTS) is 1. The van der Waals surface area contributed by atoms with Crippen LogP contribution in [-0.2, 0) is 16.0 Å². The molecule has 5 nitrogen and oxygen atoms in total. The Balaban J connectivity index is 1.96. The highest BCUT2D eigenvalue weighted by atomic mass is 32.2. The van der Waals surface area contributed by atoms with Crippen LogP contribution in [0.1, 0.15) is 56.2 Å². The van der Waals surface area contributed by atoms with Crippen LogP contribution >= 0.6 is 11.8 Å². The Morgan fingerprint density at radius 1 is 1.30 bits per heavy atom. The molecule has 0 bridgehead atoms. The molecule has 1 N–H and O–H groups in total. The molecule has 2 unspecified atom stereocenters. The minimum atomic E-state index is -1.25. The Hall–Kier alpha value is -1.50. The van der Waals surface area contributed by atoms with Gasteiger partial charge in [0.25, 0.3) is 0 Å². The summed E-state index contributed by atoms with van der Waals surface area (Å²) in [5.41, 5.74) is 2.28. The largest absolute Gasteiger partial charge is 0.478 e. The first-order chi connectivity index (χ1) is 15.6. The van der Waals surface area contributed by atoms with Crippen molar-refractivity contribution in [2.45, 2.75) is 70.8 Å². The van der Waals surface area contributed by atoms with E-state index in [9.17, 15) is 9.90 Å². The summed E-state index contributed by atoms with van der Waals surface area (Å²) in [6, 6.07) is 4.29. The molecule has 1 aromatic rings. The topological polar surface area (TPSA) is 59.0 Å². The van der Waals surface area contributed by atoms with Crippen LogP contribution in [0.2, 0.25) is 0 Å². The third-order valence-electron chi connectivity index (χ3n) is 6.56. The van der Waals surface area contributed by atoms with Gasteiger partial charge in [0, 0.05) is 13.1 Å². The molecule has 1 heterocycles. The second-order valence-electron chi connectivity index (χ2n) is 9.97. The molecule has 3 atom stereocenters. The number of hydrogen-bond acceptors (Lipinski definition) is 5. The van der Waals surface area contributed by atoms with Crippen molar-refractivity contribution in [1.82, 2.24) is 4.90 Å². The van der Waals surface area contributed by atoms with Crippen LogP contribution in [0.4, 0.5) is 0 Å². The first-order valence-electron chi connectivity index (χ1n) is 12.0. The summed E-state index contributed by atoms with van der Waals surface area (Å²) in [7, 11) is 2.20. The van der Waals surface area contributed by atoms with E-state index in [1.165, 1.54) is 5.56 Å². The van der Waals surface area contributed by atoms with E-state index < -0.39 is 11.6 Å². The maximum absolute atomic E-state index is 11.5. The van der Waals surface area contributed by atoms with Gasteiger partial charge in [-0.25, -0.2) is 4.79 Å². The molecule has 0 aromatic heterocycles. The standard InChI is InChI=1S/C27H43NO4S/c1-8-9-10-11-24(33-7)31-18-23-17-28(6)16-22(23)13-12-21-14-19(2)25(20(3)15-21)32-27(4,5)26(29)30/h8,14-15,22-24H,1,9-13,16-18H2,2-7H3,(H,29,30)/t22-,23?,24?/m0/s1. The third-order valence-corrected chi connectivity index (χ3v) is 7.46. The van der Waals surface area contributed by atoms with Crippen LogP contribution in [0.15, 0.2) is 24.8 Å². The van der Waals surface area contributed by atoms with Gasteiger partial charge in [-0.2, -0.15) is 0 Å². The second kappa shape index (κ2) is 12.8. The highest BCUT2D eigenvalue weighted by Gasteiger charge is 2.32. The molecule has 33 heavy (non-hydrogen) atoms. The van der Waals surface area contributed by atoms with Gasteiger partial charge in [-0.3, -0.25) is 0 Å². The average molecular weight is 478 g/mol. The normalized spacial score (nSPS) is 20.1. The monoisotopic (exact) mass is 477 g/mol. The van der Waals surface area contributed by atoms with Gasteiger partial charge in [-0.05, 0) is 102 Å². The molecule has 0 aliphatic carbocycles. The van der Waals surface area contributed by atoms with Gasteiger partial charge in [0.2, 0.25) is 0 Å². The molecule has 2 rings (SSSR count). The minimum absolute atomic E-state index is 0.268. The second-order valence-corrected chi connectivity index (χ2v) is 11.0. The van der Waals surface area contributed by atoms with Crippen molar-refractivity contribution in [2.75, 3.05) is 33.0 Å². The minimum Gasteiger partial charge on any atom is -0.478 e. The number of benzene rings is 1. The number of rotatable bonds is 14. The summed E-state index contributed by atoms with van der Waals surface area (Å²) >= 11 is 1.81. The highest BCUT2D eigenvalue weighted by molar-refractivity contribution is 7.99. The van der Waals surface area contributed by atoms with Crippen molar-refractivity contribution in [3.8, 4) is 5.75 Å². The molecular weight excluding hydrogens is 434 g/mol. The van der Waals surface area contributed by atoms with Crippen molar-refractivity contribution in [3.05, 3.63) is 41.5 Å². The van der Waals surface area contributed by atoms with E-state index in [1.54, 1.807) is 13.8 Å². The Labute approximate surface area is 204 Å². The summed E-state index contributed by atoms with van der Waals surface area (Å²) < 4.78 is 12.2. The van der Waals surface area contributed by atoms with Crippen molar-refractivity contribution >= 4 is 17.7 Å². The molecule has 1 aliphatic rings. The molecule has 186 valence electrons. The number of aliphatic carboxylic acids is 1. The van der Waals surface area contributed by atoms with E-state index in [2.05, 4.69) is 36.9 Å². The maximum Gasteiger partial charge on any atom is 0.347 e. The van der Waals surface area contributed by atoms with Crippen LogP contribution in [0, 0.1) is 25.7 Å². The highest BCUT2D eigenvalue weighted by Crippen LogP contribution is 2.32. The van der Waals surface area contributed by atoms with Crippen molar-refractivity contribution < 1.29 is 19.4 Å². The predicted octanol–water partition coefficient (Wildman–Crippen LogP) is 5.72. The van der Waals surface area contributed by atoms with Crippen LogP contribution in [0.25, 0.3) is 0 Å². The smallest absolute Gasteiger partial charge is 0.347 e. The molecule has 1 saturated heterocycles. The molecule has 1 fully saturated rings. The van der Waals surface area contributed by atoms with Crippen LogP contribution in [0.3, 0.4) is 0 Å². The molecule has 0 radical (unpaired) electrons. The third kappa shape index (κ3) is 8.34. The summed E-state index contributed by atoms with van der Waals surface area (Å²) in [5, 5.41) is 9.39. The number of hydrogen-bond donors (Lipinski definition) is 1. The summed E-state index contributed by atoms with van der Waals surface area (Å²) in [4.78, 5) is 13.9. The Kier molecular flexibility index (Phi) is 10.8. The van der Waals surface area contributed by atoms with Crippen molar-refractivity contribution in [1.29, 1.82) is 0 Å². The fraction of sp³-hybridized carbons (Fsp3) is 0.667. The van der Waals surface area contributed by atoms with Gasteiger partial charge >= 0.3 is 5.97 Å². The molecular formula is C27H43NO4S. The van der Waals surface area contributed by atoms with E-state index in [1.807, 2.05) is 31.7 Å². The molecule has 6 heteroatoms. The fourth-order valence-electron chi connectivity index (χ4n) is 4.61. The van der Waals surface area contributed by atoms with E-state index in [0.29, 0.717) is 17.6 Å². The number of carboxylic acids is 1. The molecule has 0 saturated carbocycles. The number of ether oxygens (including phenoxy) is 2. The van der Waals surface area contributed by atoms with Gasteiger partial charge < -0.3 is 19.5 Å². The number of thioether (sulfide) groups is 1. The van der Waals surface area contributed by atoms with E-state index in [0.717, 1.165) is 62.9 Å². The number of aryl methyl sites for hydroxylation is 3. The van der Waals surface area contributed by atoms with E-state index >= 15 is 0 Å². The molecule has 0 amide bonds. The lowest BCUT2D eigenvalue weighted by molar-refractivity contribution is -0.152. The molecule has 1 aromatic carbocycles. The Morgan fingerprint density at radius 3 is 2.52 bits per heavy atom. The van der Waals surface area contributed by atoms with Gasteiger partial charge in [0.15, 0.2) is 5.60 Å². The number of likely N-dealkylation sites (tertiary alicyclic amines) is 1. The van der Waals surface area contributed by atoms with Gasteiger partial charge in [0.1, 0.15) is 11.2 Å². The predicted molar refractivity (Wildman–Crippen MR) is 138 cm³/mol. The zero-order valence-electron chi connectivity index (χ0n) is 21.4. The van der Waals surface area contributed by atoms with Crippen LogP contribution in [0.5, 0.6) is 5.75 Å². The maximum atomic E-state index is 11.5. The van der Waals surface area contributed by atoms with Gasteiger partial charge in [-0.15, -0.1) is 18.3 Å².